The molecule has 2 nitrogen and oxygen atoms in total. The molecular formula is C10H11ClFNO. The molecule has 0 saturated carbocycles. The third kappa shape index (κ3) is 2.70. The first-order chi connectivity index (χ1) is 6.50. The summed E-state index contributed by atoms with van der Waals surface area (Å²) in [6, 6.07) is 3.96. The van der Waals surface area contributed by atoms with Gasteiger partial charge >= 0.3 is 0 Å². The SMILES string of the molecule is CC(C)NC(=O)c1ccc(Cl)cc1F. The summed E-state index contributed by atoms with van der Waals surface area (Å²) in [5.74, 6) is -1.02. The zero-order chi connectivity index (χ0) is 10.7. The van der Waals surface area contributed by atoms with Crippen molar-refractivity contribution in [3.63, 3.8) is 0 Å². The second kappa shape index (κ2) is 4.42. The molecule has 0 saturated heterocycles. The molecule has 0 spiro atoms. The highest BCUT2D eigenvalue weighted by Crippen LogP contribution is 2.14. The Morgan fingerprint density at radius 1 is 1.50 bits per heavy atom. The number of carbonyl (C=O) groups is 1. The molecule has 0 aromatic heterocycles. The largest absolute Gasteiger partial charge is 0.350 e. The van der Waals surface area contributed by atoms with Crippen molar-refractivity contribution >= 4 is 17.5 Å². The Morgan fingerprint density at radius 3 is 2.64 bits per heavy atom. The maximum absolute atomic E-state index is 13.2. The van der Waals surface area contributed by atoms with E-state index in [0.29, 0.717) is 0 Å². The van der Waals surface area contributed by atoms with Crippen LogP contribution in [0, 0.1) is 5.82 Å². The number of rotatable bonds is 2. The third-order valence-corrected chi connectivity index (χ3v) is 1.83. The second-order valence-corrected chi connectivity index (χ2v) is 3.69. The topological polar surface area (TPSA) is 29.1 Å². The van der Waals surface area contributed by atoms with Crippen molar-refractivity contribution in [3.8, 4) is 0 Å². The Kier molecular flexibility index (Phi) is 3.47. The van der Waals surface area contributed by atoms with Crippen LogP contribution in [0.3, 0.4) is 0 Å². The van der Waals surface area contributed by atoms with Crippen LogP contribution in [0.2, 0.25) is 5.02 Å². The Labute approximate surface area is 87.1 Å². The van der Waals surface area contributed by atoms with Gasteiger partial charge in [0.05, 0.1) is 5.56 Å². The van der Waals surface area contributed by atoms with Gasteiger partial charge in [-0.25, -0.2) is 4.39 Å². The summed E-state index contributed by atoms with van der Waals surface area (Å²) < 4.78 is 13.2. The first-order valence-corrected chi connectivity index (χ1v) is 4.64. The van der Waals surface area contributed by atoms with Crippen LogP contribution in [0.1, 0.15) is 24.2 Å². The standard InChI is InChI=1S/C10H11ClFNO/c1-6(2)13-10(14)8-4-3-7(11)5-9(8)12/h3-6H,1-2H3,(H,13,14). The summed E-state index contributed by atoms with van der Waals surface area (Å²) in [5.41, 5.74) is 0.0168. The molecule has 0 bridgehead atoms. The van der Waals surface area contributed by atoms with E-state index in [0.717, 1.165) is 6.07 Å². The van der Waals surface area contributed by atoms with Gasteiger partial charge in [-0.2, -0.15) is 0 Å². The molecule has 0 heterocycles. The van der Waals surface area contributed by atoms with Gasteiger partial charge in [0.25, 0.3) is 5.91 Å². The van der Waals surface area contributed by atoms with Gasteiger partial charge in [0.2, 0.25) is 0 Å². The zero-order valence-electron chi connectivity index (χ0n) is 7.97. The highest BCUT2D eigenvalue weighted by molar-refractivity contribution is 6.30. The molecule has 4 heteroatoms. The summed E-state index contributed by atoms with van der Waals surface area (Å²) >= 11 is 5.56. The van der Waals surface area contributed by atoms with Crippen molar-refractivity contribution in [2.45, 2.75) is 19.9 Å². The lowest BCUT2D eigenvalue weighted by molar-refractivity contribution is 0.0939. The zero-order valence-corrected chi connectivity index (χ0v) is 8.73. The summed E-state index contributed by atoms with van der Waals surface area (Å²) in [6.45, 7) is 3.62. The van der Waals surface area contributed by atoms with Gasteiger partial charge in [0.15, 0.2) is 0 Å². The number of carbonyl (C=O) groups excluding carboxylic acids is 1. The highest BCUT2D eigenvalue weighted by Gasteiger charge is 2.12. The van der Waals surface area contributed by atoms with Crippen molar-refractivity contribution in [1.82, 2.24) is 5.32 Å². The number of nitrogens with one attached hydrogen (secondary N) is 1. The van der Waals surface area contributed by atoms with E-state index in [2.05, 4.69) is 5.32 Å². The van der Waals surface area contributed by atoms with E-state index in [4.69, 9.17) is 11.6 Å². The Balaban J connectivity index is 2.90. The summed E-state index contributed by atoms with van der Waals surface area (Å²) in [5, 5.41) is 2.88. The van der Waals surface area contributed by atoms with Gasteiger partial charge in [0, 0.05) is 11.1 Å². The smallest absolute Gasteiger partial charge is 0.254 e. The highest BCUT2D eigenvalue weighted by atomic mass is 35.5. The van der Waals surface area contributed by atoms with Crippen LogP contribution >= 0.6 is 11.6 Å². The quantitative estimate of drug-likeness (QED) is 0.808. The lowest BCUT2D eigenvalue weighted by Gasteiger charge is -2.08. The molecule has 0 aliphatic rings. The summed E-state index contributed by atoms with van der Waals surface area (Å²) in [4.78, 5) is 11.4. The lowest BCUT2D eigenvalue weighted by atomic mass is 10.2. The molecule has 0 atom stereocenters. The van der Waals surface area contributed by atoms with Crippen LogP contribution in [0.5, 0.6) is 0 Å². The third-order valence-electron chi connectivity index (χ3n) is 1.60. The molecule has 1 N–H and O–H groups in total. The molecule has 1 aromatic rings. The van der Waals surface area contributed by atoms with Gasteiger partial charge < -0.3 is 5.32 Å². The van der Waals surface area contributed by atoms with E-state index >= 15 is 0 Å². The van der Waals surface area contributed by atoms with E-state index in [1.807, 2.05) is 13.8 Å². The number of hydrogen-bond donors (Lipinski definition) is 1. The van der Waals surface area contributed by atoms with Crippen molar-refractivity contribution < 1.29 is 9.18 Å². The maximum atomic E-state index is 13.2. The van der Waals surface area contributed by atoms with Crippen LogP contribution in [-0.2, 0) is 0 Å². The van der Waals surface area contributed by atoms with Crippen LogP contribution < -0.4 is 5.32 Å². The Morgan fingerprint density at radius 2 is 2.14 bits per heavy atom. The molecule has 14 heavy (non-hydrogen) atoms. The molecule has 0 fully saturated rings. The molecule has 0 radical (unpaired) electrons. The van der Waals surface area contributed by atoms with E-state index in [9.17, 15) is 9.18 Å². The van der Waals surface area contributed by atoms with E-state index in [1.54, 1.807) is 0 Å². The van der Waals surface area contributed by atoms with Crippen molar-refractivity contribution in [2.75, 3.05) is 0 Å². The minimum absolute atomic E-state index is 0.0161. The van der Waals surface area contributed by atoms with Gasteiger partial charge in [-0.3, -0.25) is 4.79 Å². The monoisotopic (exact) mass is 215 g/mol. The molecule has 0 aliphatic heterocycles. The predicted octanol–water partition coefficient (Wildman–Crippen LogP) is 2.62. The van der Waals surface area contributed by atoms with Gasteiger partial charge in [-0.15, -0.1) is 0 Å². The number of amides is 1. The fourth-order valence-electron chi connectivity index (χ4n) is 1.01. The fraction of sp³-hybridized carbons (Fsp3) is 0.300. The minimum Gasteiger partial charge on any atom is -0.350 e. The van der Waals surface area contributed by atoms with E-state index in [1.165, 1.54) is 12.1 Å². The average molecular weight is 216 g/mol. The summed E-state index contributed by atoms with van der Waals surface area (Å²) in [7, 11) is 0. The number of benzene rings is 1. The molecule has 76 valence electrons. The molecule has 0 aliphatic carbocycles. The first kappa shape index (κ1) is 11.0. The molecule has 1 rings (SSSR count). The first-order valence-electron chi connectivity index (χ1n) is 4.26. The van der Waals surface area contributed by atoms with Crippen LogP contribution in [0.4, 0.5) is 4.39 Å². The Hall–Kier alpha value is -1.09. The maximum Gasteiger partial charge on any atom is 0.254 e. The normalized spacial score (nSPS) is 10.4. The van der Waals surface area contributed by atoms with Crippen LogP contribution in [0.15, 0.2) is 18.2 Å². The molecular weight excluding hydrogens is 205 g/mol. The number of hydrogen-bond acceptors (Lipinski definition) is 1. The molecule has 1 amide bonds. The molecule has 1 aromatic carbocycles. The van der Waals surface area contributed by atoms with E-state index in [-0.39, 0.29) is 16.6 Å². The average Bonchev–Trinajstić information content (AvgIpc) is 2.01. The van der Waals surface area contributed by atoms with Crippen LogP contribution in [0.25, 0.3) is 0 Å². The van der Waals surface area contributed by atoms with Crippen molar-refractivity contribution in [3.05, 3.63) is 34.6 Å². The van der Waals surface area contributed by atoms with Crippen molar-refractivity contribution in [1.29, 1.82) is 0 Å². The van der Waals surface area contributed by atoms with Gasteiger partial charge in [-0.05, 0) is 32.0 Å². The van der Waals surface area contributed by atoms with Crippen molar-refractivity contribution in [2.24, 2.45) is 0 Å². The van der Waals surface area contributed by atoms with Gasteiger partial charge in [0.1, 0.15) is 5.82 Å². The summed E-state index contributed by atoms with van der Waals surface area (Å²) in [6.07, 6.45) is 0. The fourth-order valence-corrected chi connectivity index (χ4v) is 1.17. The number of halogens is 2. The Bertz CT molecular complexity index is 352. The second-order valence-electron chi connectivity index (χ2n) is 3.25. The lowest BCUT2D eigenvalue weighted by Crippen LogP contribution is -2.30. The van der Waals surface area contributed by atoms with E-state index < -0.39 is 11.7 Å². The van der Waals surface area contributed by atoms with Gasteiger partial charge in [-0.1, -0.05) is 11.6 Å². The van der Waals surface area contributed by atoms with Crippen LogP contribution in [-0.4, -0.2) is 11.9 Å². The predicted molar refractivity (Wildman–Crippen MR) is 54.0 cm³/mol. The minimum atomic E-state index is -0.601. The molecule has 0 unspecified atom stereocenters.